The second-order valence-corrected chi connectivity index (χ2v) is 3.19. The van der Waals surface area contributed by atoms with Crippen LogP contribution in [-0.2, 0) is 0 Å². The molecule has 3 nitrogen and oxygen atoms in total. The quantitative estimate of drug-likeness (QED) is 0.611. The molecule has 0 saturated heterocycles. The van der Waals surface area contributed by atoms with Gasteiger partial charge < -0.3 is 4.74 Å². The van der Waals surface area contributed by atoms with Crippen LogP contribution in [0.25, 0.3) is 0 Å². The van der Waals surface area contributed by atoms with Gasteiger partial charge in [0.15, 0.2) is 11.5 Å². The van der Waals surface area contributed by atoms with Gasteiger partial charge in [-0.3, -0.25) is 9.78 Å². The molecule has 1 heterocycles. The Bertz CT molecular complexity index is 494. The molecule has 1 aliphatic rings. The molecule has 2 bridgehead atoms. The van der Waals surface area contributed by atoms with Gasteiger partial charge in [0.05, 0.1) is 0 Å². The molecular weight excluding hydrogens is 192 g/mol. The predicted molar refractivity (Wildman–Crippen MR) is 54.2 cm³/mol. The van der Waals surface area contributed by atoms with Gasteiger partial charge in [-0.1, -0.05) is 18.2 Å². The molecule has 3 heteroatoms. The van der Waals surface area contributed by atoms with E-state index in [2.05, 4.69) is 0 Å². The van der Waals surface area contributed by atoms with Gasteiger partial charge in [0.25, 0.3) is 0 Å². The number of hydrogen-bond donors (Lipinski definition) is 0. The Labute approximate surface area is 86.8 Å². The molecule has 0 N–H and O–H groups in total. The van der Waals surface area contributed by atoms with Crippen LogP contribution in [0, 0.1) is 0 Å². The molecule has 0 saturated carbocycles. The Balaban J connectivity index is 2.10. The average molecular weight is 200 g/mol. The standard InChI is InChI=1S/C12H8O3/c1-2-7-12-11(6-1)13-9-4-3-5-10(8-9)14-15-12/h1-8H. The molecule has 2 aromatic carbocycles. The van der Waals surface area contributed by atoms with Crippen LogP contribution in [0.5, 0.6) is 23.0 Å². The summed E-state index contributed by atoms with van der Waals surface area (Å²) in [6.45, 7) is 0. The summed E-state index contributed by atoms with van der Waals surface area (Å²) in [5, 5.41) is 0. The fourth-order valence-electron chi connectivity index (χ4n) is 1.41. The van der Waals surface area contributed by atoms with E-state index < -0.39 is 0 Å². The zero-order chi connectivity index (χ0) is 10.1. The van der Waals surface area contributed by atoms with Crippen LogP contribution in [0.4, 0.5) is 0 Å². The van der Waals surface area contributed by atoms with E-state index >= 15 is 0 Å². The molecule has 0 spiro atoms. The average Bonchev–Trinajstić information content (AvgIpc) is 2.27. The van der Waals surface area contributed by atoms with Crippen molar-refractivity contribution >= 4 is 0 Å². The first kappa shape index (κ1) is 8.17. The van der Waals surface area contributed by atoms with E-state index in [0.29, 0.717) is 17.2 Å². The number of fused-ring (bicyclic) bond motifs is 3. The van der Waals surface area contributed by atoms with Gasteiger partial charge in [-0.15, -0.1) is 0 Å². The smallest absolute Gasteiger partial charge is 0.221 e. The fourth-order valence-corrected chi connectivity index (χ4v) is 1.41. The summed E-state index contributed by atoms with van der Waals surface area (Å²) in [6.07, 6.45) is 0. The first-order valence-corrected chi connectivity index (χ1v) is 4.63. The molecule has 15 heavy (non-hydrogen) atoms. The highest BCUT2D eigenvalue weighted by Crippen LogP contribution is 2.35. The largest absolute Gasteiger partial charge is 0.453 e. The Kier molecular flexibility index (Phi) is 1.75. The molecule has 0 atom stereocenters. The summed E-state index contributed by atoms with van der Waals surface area (Å²) >= 11 is 0. The van der Waals surface area contributed by atoms with Crippen molar-refractivity contribution in [2.45, 2.75) is 0 Å². The third-order valence-electron chi connectivity index (χ3n) is 2.11. The predicted octanol–water partition coefficient (Wildman–Crippen LogP) is 3.17. The lowest BCUT2D eigenvalue weighted by molar-refractivity contribution is -0.103. The van der Waals surface area contributed by atoms with Crippen LogP contribution in [-0.4, -0.2) is 0 Å². The van der Waals surface area contributed by atoms with Crippen molar-refractivity contribution in [1.29, 1.82) is 0 Å². The van der Waals surface area contributed by atoms with Crippen LogP contribution in [0.15, 0.2) is 48.5 Å². The molecule has 0 amide bonds. The Morgan fingerprint density at radius 2 is 1.47 bits per heavy atom. The van der Waals surface area contributed by atoms with Gasteiger partial charge in [0, 0.05) is 6.07 Å². The van der Waals surface area contributed by atoms with Crippen molar-refractivity contribution in [3.05, 3.63) is 48.5 Å². The SMILES string of the molecule is c1cc2cc(c1)Oc1ccccc1OO2. The van der Waals surface area contributed by atoms with E-state index in [1.165, 1.54) is 0 Å². The summed E-state index contributed by atoms with van der Waals surface area (Å²) < 4.78 is 5.64. The Morgan fingerprint density at radius 3 is 2.40 bits per heavy atom. The van der Waals surface area contributed by atoms with Crippen LogP contribution < -0.4 is 14.5 Å². The summed E-state index contributed by atoms with van der Waals surface area (Å²) in [5.41, 5.74) is 0. The monoisotopic (exact) mass is 200 g/mol. The van der Waals surface area contributed by atoms with E-state index in [4.69, 9.17) is 14.5 Å². The molecular formula is C12H8O3. The van der Waals surface area contributed by atoms with E-state index in [1.807, 2.05) is 30.3 Å². The van der Waals surface area contributed by atoms with Gasteiger partial charge in [-0.2, -0.15) is 0 Å². The van der Waals surface area contributed by atoms with E-state index in [0.717, 1.165) is 5.75 Å². The second-order valence-electron chi connectivity index (χ2n) is 3.19. The van der Waals surface area contributed by atoms with Gasteiger partial charge >= 0.3 is 0 Å². The van der Waals surface area contributed by atoms with Crippen LogP contribution in [0.2, 0.25) is 0 Å². The van der Waals surface area contributed by atoms with Gasteiger partial charge in [0.1, 0.15) is 5.75 Å². The van der Waals surface area contributed by atoms with Crippen molar-refractivity contribution in [1.82, 2.24) is 0 Å². The lowest BCUT2D eigenvalue weighted by atomic mass is 10.3. The summed E-state index contributed by atoms with van der Waals surface area (Å²) in [5.74, 6) is 2.59. The molecule has 0 aliphatic carbocycles. The zero-order valence-electron chi connectivity index (χ0n) is 7.84. The summed E-state index contributed by atoms with van der Waals surface area (Å²) in [6, 6.07) is 14.7. The summed E-state index contributed by atoms with van der Waals surface area (Å²) in [7, 11) is 0. The zero-order valence-corrected chi connectivity index (χ0v) is 7.84. The highest BCUT2D eigenvalue weighted by atomic mass is 17.2. The van der Waals surface area contributed by atoms with E-state index in [-0.39, 0.29) is 0 Å². The number of rotatable bonds is 0. The molecule has 0 radical (unpaired) electrons. The van der Waals surface area contributed by atoms with Crippen molar-refractivity contribution in [3.63, 3.8) is 0 Å². The third kappa shape index (κ3) is 1.48. The minimum absolute atomic E-state index is 0.573. The lowest BCUT2D eigenvalue weighted by Gasteiger charge is -2.15. The highest BCUT2D eigenvalue weighted by Gasteiger charge is 2.11. The normalized spacial score (nSPS) is 12.3. The molecule has 0 fully saturated rings. The van der Waals surface area contributed by atoms with Crippen LogP contribution in [0.1, 0.15) is 0 Å². The first-order valence-electron chi connectivity index (χ1n) is 4.63. The van der Waals surface area contributed by atoms with Crippen molar-refractivity contribution in [2.75, 3.05) is 0 Å². The number of hydrogen-bond acceptors (Lipinski definition) is 3. The minimum Gasteiger partial charge on any atom is -0.453 e. The van der Waals surface area contributed by atoms with Crippen molar-refractivity contribution in [3.8, 4) is 23.0 Å². The maximum Gasteiger partial charge on any atom is 0.221 e. The first-order chi connectivity index (χ1) is 7.42. The van der Waals surface area contributed by atoms with Crippen LogP contribution >= 0.6 is 0 Å². The third-order valence-corrected chi connectivity index (χ3v) is 2.11. The maximum absolute atomic E-state index is 5.64. The minimum atomic E-state index is 0.573. The van der Waals surface area contributed by atoms with Crippen molar-refractivity contribution in [2.24, 2.45) is 0 Å². The number of ether oxygens (including phenoxy) is 1. The maximum atomic E-state index is 5.64. The number of para-hydroxylation sites is 2. The van der Waals surface area contributed by atoms with Crippen molar-refractivity contribution < 1.29 is 14.5 Å². The highest BCUT2D eigenvalue weighted by molar-refractivity contribution is 5.45. The van der Waals surface area contributed by atoms with E-state index in [1.54, 1.807) is 18.2 Å². The molecule has 74 valence electrons. The molecule has 3 rings (SSSR count). The van der Waals surface area contributed by atoms with Gasteiger partial charge in [-0.25, -0.2) is 0 Å². The van der Waals surface area contributed by atoms with Crippen LogP contribution in [0.3, 0.4) is 0 Å². The lowest BCUT2D eigenvalue weighted by Crippen LogP contribution is -2.04. The van der Waals surface area contributed by atoms with Gasteiger partial charge in [0.2, 0.25) is 5.75 Å². The topological polar surface area (TPSA) is 27.7 Å². The molecule has 2 aromatic rings. The molecule has 0 aromatic heterocycles. The molecule has 0 unspecified atom stereocenters. The number of benzene rings is 2. The van der Waals surface area contributed by atoms with E-state index in [9.17, 15) is 0 Å². The Morgan fingerprint density at radius 1 is 0.667 bits per heavy atom. The Hall–Kier alpha value is -2.16. The molecule has 1 aliphatic heterocycles. The summed E-state index contributed by atoms with van der Waals surface area (Å²) in [4.78, 5) is 10.3. The van der Waals surface area contributed by atoms with Gasteiger partial charge in [-0.05, 0) is 24.3 Å². The second kappa shape index (κ2) is 3.20. The fraction of sp³-hybridized carbons (Fsp3) is 0.